The van der Waals surface area contributed by atoms with Gasteiger partial charge in [0, 0.05) is 36.9 Å². The Morgan fingerprint density at radius 3 is 2.24 bits per heavy atom. The van der Waals surface area contributed by atoms with Crippen LogP contribution < -0.4 is 4.90 Å². The van der Waals surface area contributed by atoms with Gasteiger partial charge in [0.1, 0.15) is 0 Å². The van der Waals surface area contributed by atoms with Crippen LogP contribution in [0, 0.1) is 0 Å². The summed E-state index contributed by atoms with van der Waals surface area (Å²) in [6.45, 7) is 3.22. The van der Waals surface area contributed by atoms with E-state index < -0.39 is 0 Å². The lowest BCUT2D eigenvalue weighted by molar-refractivity contribution is -0.115. The highest BCUT2D eigenvalue weighted by Crippen LogP contribution is 2.28. The number of anilines is 1. The van der Waals surface area contributed by atoms with Gasteiger partial charge in [-0.1, -0.05) is 54.6 Å². The Balaban J connectivity index is 0.00000240. The third kappa shape index (κ3) is 5.49. The van der Waals surface area contributed by atoms with E-state index in [9.17, 15) is 4.79 Å². The standard InChI is InChI=1S/C25H30N2O.ClH/c28-25(22-11-7-8-12-22)27(23-13-5-2-6-14-23)24-16-19-26(20-17-24)18-15-21-9-3-1-4-10-21;/h1-6,9-11,13-14,24H,7-8,12,15-20H2;1H. The van der Waals surface area contributed by atoms with Crippen LogP contribution in [-0.4, -0.2) is 36.5 Å². The van der Waals surface area contributed by atoms with Crippen LogP contribution in [0.5, 0.6) is 0 Å². The number of benzene rings is 2. The third-order valence-electron chi connectivity index (χ3n) is 6.05. The summed E-state index contributed by atoms with van der Waals surface area (Å²) in [5.74, 6) is 0.228. The second-order valence-electron chi connectivity index (χ2n) is 7.94. The van der Waals surface area contributed by atoms with Gasteiger partial charge in [0.05, 0.1) is 0 Å². The molecule has 0 saturated carbocycles. The summed E-state index contributed by atoms with van der Waals surface area (Å²) in [7, 11) is 0. The normalized spacial score (nSPS) is 17.4. The molecule has 4 heteroatoms. The van der Waals surface area contributed by atoms with Gasteiger partial charge in [0.15, 0.2) is 0 Å². The summed E-state index contributed by atoms with van der Waals surface area (Å²) in [4.78, 5) is 17.9. The van der Waals surface area contributed by atoms with Crippen molar-refractivity contribution in [3.05, 3.63) is 77.9 Å². The summed E-state index contributed by atoms with van der Waals surface area (Å²) in [6, 6.07) is 21.3. The number of hydrogen-bond acceptors (Lipinski definition) is 2. The molecule has 1 amide bonds. The number of halogens is 1. The van der Waals surface area contributed by atoms with Crippen molar-refractivity contribution in [2.45, 2.75) is 44.6 Å². The molecule has 154 valence electrons. The van der Waals surface area contributed by atoms with Crippen molar-refractivity contribution in [2.24, 2.45) is 0 Å². The SMILES string of the molecule is Cl.O=C(C1=CCCC1)N(c1ccccc1)C1CCN(CCc2ccccc2)CC1. The van der Waals surface area contributed by atoms with E-state index >= 15 is 0 Å². The summed E-state index contributed by atoms with van der Waals surface area (Å²) in [6.07, 6.45) is 8.42. The monoisotopic (exact) mass is 410 g/mol. The number of nitrogens with zero attached hydrogens (tertiary/aromatic N) is 2. The van der Waals surface area contributed by atoms with E-state index in [0.29, 0.717) is 6.04 Å². The Morgan fingerprint density at radius 2 is 1.62 bits per heavy atom. The molecule has 0 atom stereocenters. The molecule has 1 heterocycles. The van der Waals surface area contributed by atoms with Crippen LogP contribution in [-0.2, 0) is 11.2 Å². The Morgan fingerprint density at radius 1 is 0.966 bits per heavy atom. The van der Waals surface area contributed by atoms with Gasteiger partial charge < -0.3 is 9.80 Å². The number of amides is 1. The fourth-order valence-electron chi connectivity index (χ4n) is 4.44. The van der Waals surface area contributed by atoms with Crippen LogP contribution in [0.2, 0.25) is 0 Å². The highest BCUT2D eigenvalue weighted by atomic mass is 35.5. The van der Waals surface area contributed by atoms with E-state index in [1.165, 1.54) is 5.56 Å². The predicted molar refractivity (Wildman–Crippen MR) is 123 cm³/mol. The van der Waals surface area contributed by atoms with E-state index in [-0.39, 0.29) is 18.3 Å². The molecule has 29 heavy (non-hydrogen) atoms. The van der Waals surface area contributed by atoms with Gasteiger partial charge in [-0.2, -0.15) is 0 Å². The number of hydrogen-bond donors (Lipinski definition) is 0. The Hall–Kier alpha value is -2.10. The zero-order valence-corrected chi connectivity index (χ0v) is 17.8. The predicted octanol–water partition coefficient (Wildman–Crippen LogP) is 5.26. The second-order valence-corrected chi connectivity index (χ2v) is 7.94. The van der Waals surface area contributed by atoms with Crippen molar-refractivity contribution in [1.82, 2.24) is 4.90 Å². The first kappa shape index (κ1) is 21.6. The van der Waals surface area contributed by atoms with Crippen molar-refractivity contribution in [1.29, 1.82) is 0 Å². The topological polar surface area (TPSA) is 23.6 Å². The number of rotatable bonds is 6. The lowest BCUT2D eigenvalue weighted by Gasteiger charge is -2.39. The average molecular weight is 411 g/mol. The first-order valence-corrected chi connectivity index (χ1v) is 10.7. The molecule has 2 aliphatic rings. The molecule has 2 aromatic rings. The molecule has 0 spiro atoms. The molecule has 2 aromatic carbocycles. The lowest BCUT2D eigenvalue weighted by Crippen LogP contribution is -2.48. The van der Waals surface area contributed by atoms with E-state index in [1.54, 1.807) is 0 Å². The molecule has 1 saturated heterocycles. The molecule has 0 aromatic heterocycles. The van der Waals surface area contributed by atoms with Crippen LogP contribution in [0.3, 0.4) is 0 Å². The first-order chi connectivity index (χ1) is 13.8. The van der Waals surface area contributed by atoms with Crippen LogP contribution in [0.4, 0.5) is 5.69 Å². The van der Waals surface area contributed by atoms with Crippen molar-refractivity contribution in [3.8, 4) is 0 Å². The van der Waals surface area contributed by atoms with Crippen molar-refractivity contribution in [3.63, 3.8) is 0 Å². The van der Waals surface area contributed by atoms with Crippen LogP contribution in [0.1, 0.15) is 37.7 Å². The average Bonchev–Trinajstić information content (AvgIpc) is 3.30. The van der Waals surface area contributed by atoms with Crippen molar-refractivity contribution < 1.29 is 4.79 Å². The van der Waals surface area contributed by atoms with E-state index in [2.05, 4.69) is 58.3 Å². The van der Waals surface area contributed by atoms with Gasteiger partial charge in [-0.3, -0.25) is 4.79 Å². The van der Waals surface area contributed by atoms with Crippen LogP contribution >= 0.6 is 12.4 Å². The Kier molecular flexibility index (Phi) is 7.91. The molecule has 4 rings (SSSR count). The molecule has 3 nitrogen and oxygen atoms in total. The van der Waals surface area contributed by atoms with E-state index in [1.807, 2.05) is 18.2 Å². The number of para-hydroxylation sites is 1. The Bertz CT molecular complexity index is 798. The molecular formula is C25H31ClN2O. The molecule has 1 fully saturated rings. The fraction of sp³-hybridized carbons (Fsp3) is 0.400. The summed E-state index contributed by atoms with van der Waals surface area (Å²) in [5, 5.41) is 0. The van der Waals surface area contributed by atoms with Crippen molar-refractivity contribution >= 4 is 24.0 Å². The van der Waals surface area contributed by atoms with Gasteiger partial charge in [0.2, 0.25) is 0 Å². The smallest absolute Gasteiger partial charge is 0.254 e. The quantitative estimate of drug-likeness (QED) is 0.648. The maximum absolute atomic E-state index is 13.3. The first-order valence-electron chi connectivity index (χ1n) is 10.7. The van der Waals surface area contributed by atoms with Crippen molar-refractivity contribution in [2.75, 3.05) is 24.5 Å². The molecular weight excluding hydrogens is 380 g/mol. The lowest BCUT2D eigenvalue weighted by atomic mass is 10.00. The van der Waals surface area contributed by atoms with Gasteiger partial charge in [0.25, 0.3) is 5.91 Å². The van der Waals surface area contributed by atoms with Gasteiger partial charge in [-0.25, -0.2) is 0 Å². The summed E-state index contributed by atoms with van der Waals surface area (Å²) in [5.41, 5.74) is 3.46. The fourth-order valence-corrected chi connectivity index (χ4v) is 4.44. The number of carbonyl (C=O) groups excluding carboxylic acids is 1. The van der Waals surface area contributed by atoms with Crippen LogP contribution in [0.15, 0.2) is 72.3 Å². The number of carbonyl (C=O) groups is 1. The van der Waals surface area contributed by atoms with Gasteiger partial charge >= 0.3 is 0 Å². The minimum Gasteiger partial charge on any atom is -0.306 e. The number of piperidine rings is 1. The molecule has 0 radical (unpaired) electrons. The minimum atomic E-state index is 0. The zero-order valence-electron chi connectivity index (χ0n) is 17.0. The Labute approximate surface area is 180 Å². The second kappa shape index (κ2) is 10.6. The maximum atomic E-state index is 13.3. The number of likely N-dealkylation sites (tertiary alicyclic amines) is 1. The van der Waals surface area contributed by atoms with E-state index in [0.717, 1.165) is 69.4 Å². The third-order valence-corrected chi connectivity index (χ3v) is 6.05. The minimum absolute atomic E-state index is 0. The highest BCUT2D eigenvalue weighted by Gasteiger charge is 2.31. The maximum Gasteiger partial charge on any atom is 0.254 e. The number of allylic oxidation sites excluding steroid dienone is 1. The highest BCUT2D eigenvalue weighted by molar-refractivity contribution is 6.06. The largest absolute Gasteiger partial charge is 0.306 e. The molecule has 1 aliphatic carbocycles. The summed E-state index contributed by atoms with van der Waals surface area (Å²) >= 11 is 0. The van der Waals surface area contributed by atoms with E-state index in [4.69, 9.17) is 0 Å². The zero-order chi connectivity index (χ0) is 19.2. The molecule has 0 unspecified atom stereocenters. The van der Waals surface area contributed by atoms with Gasteiger partial charge in [-0.15, -0.1) is 12.4 Å². The summed E-state index contributed by atoms with van der Waals surface area (Å²) < 4.78 is 0. The molecule has 0 bridgehead atoms. The van der Waals surface area contributed by atoms with Gasteiger partial charge in [-0.05, 0) is 56.2 Å². The molecule has 1 aliphatic heterocycles. The van der Waals surface area contributed by atoms with Crippen LogP contribution in [0.25, 0.3) is 0 Å². The molecule has 0 N–H and O–H groups in total.